The summed E-state index contributed by atoms with van der Waals surface area (Å²) in [6.07, 6.45) is 0.387. The van der Waals surface area contributed by atoms with Gasteiger partial charge in [-0.05, 0) is 20.3 Å². The average molecular weight is 256 g/mol. The third kappa shape index (κ3) is 3.21. The Hall–Kier alpha value is -1.59. The van der Waals surface area contributed by atoms with Crippen LogP contribution in [0.5, 0.6) is 0 Å². The molecule has 0 aromatic carbocycles. The number of carboxylic acids is 1. The van der Waals surface area contributed by atoms with Gasteiger partial charge in [0.05, 0.1) is 18.4 Å². The molecule has 102 valence electrons. The predicted molar refractivity (Wildman–Crippen MR) is 64.8 cm³/mol. The Labute approximate surface area is 107 Å². The number of nitrogens with zero attached hydrogens (tertiary/aromatic N) is 2. The minimum Gasteiger partial charge on any atom is -0.481 e. The Balaban J connectivity index is 2.46. The van der Waals surface area contributed by atoms with E-state index >= 15 is 0 Å². The summed E-state index contributed by atoms with van der Waals surface area (Å²) in [5.41, 5.74) is 0. The van der Waals surface area contributed by atoms with Crippen molar-refractivity contribution < 1.29 is 19.5 Å². The first kappa shape index (κ1) is 14.5. The molecule has 2 amide bonds. The maximum absolute atomic E-state index is 11.8. The van der Waals surface area contributed by atoms with Crippen molar-refractivity contribution in [3.8, 4) is 0 Å². The number of hydrogen-bond donors (Lipinski definition) is 1. The second-order valence-corrected chi connectivity index (χ2v) is 4.55. The minimum atomic E-state index is -0.934. The fourth-order valence-corrected chi connectivity index (χ4v) is 1.98. The lowest BCUT2D eigenvalue weighted by molar-refractivity contribution is -0.143. The van der Waals surface area contributed by atoms with Gasteiger partial charge in [0.2, 0.25) is 11.8 Å². The number of carbonyl (C=O) groups excluding carboxylic acids is 2. The van der Waals surface area contributed by atoms with Gasteiger partial charge in [-0.3, -0.25) is 14.4 Å². The molecule has 1 saturated carbocycles. The van der Waals surface area contributed by atoms with Gasteiger partial charge < -0.3 is 14.9 Å². The zero-order chi connectivity index (χ0) is 13.9. The zero-order valence-corrected chi connectivity index (χ0v) is 11.0. The van der Waals surface area contributed by atoms with Crippen LogP contribution in [0.2, 0.25) is 0 Å². The van der Waals surface area contributed by atoms with E-state index in [1.165, 1.54) is 4.90 Å². The molecule has 1 rings (SSSR count). The molecule has 0 unspecified atom stereocenters. The van der Waals surface area contributed by atoms with Crippen molar-refractivity contribution in [2.24, 2.45) is 11.8 Å². The van der Waals surface area contributed by atoms with Crippen molar-refractivity contribution >= 4 is 17.8 Å². The Morgan fingerprint density at radius 1 is 1.17 bits per heavy atom. The molecule has 0 bridgehead atoms. The van der Waals surface area contributed by atoms with E-state index in [0.29, 0.717) is 19.5 Å². The third-order valence-corrected chi connectivity index (χ3v) is 3.29. The number of rotatable bonds is 6. The van der Waals surface area contributed by atoms with Gasteiger partial charge >= 0.3 is 5.97 Å². The lowest BCUT2D eigenvalue weighted by Gasteiger charge is -2.23. The van der Waals surface area contributed by atoms with E-state index < -0.39 is 17.8 Å². The summed E-state index contributed by atoms with van der Waals surface area (Å²) in [5, 5.41) is 8.75. The van der Waals surface area contributed by atoms with E-state index in [4.69, 9.17) is 5.11 Å². The predicted octanol–water partition coefficient (Wildman–Crippen LogP) is 0.0339. The van der Waals surface area contributed by atoms with E-state index in [0.717, 1.165) is 0 Å². The summed E-state index contributed by atoms with van der Waals surface area (Å²) < 4.78 is 0. The van der Waals surface area contributed by atoms with Gasteiger partial charge in [0.1, 0.15) is 0 Å². The van der Waals surface area contributed by atoms with Gasteiger partial charge in [-0.25, -0.2) is 0 Å². The molecule has 2 atom stereocenters. The number of likely N-dealkylation sites (N-methyl/N-ethyl adjacent to an activating group) is 2. The van der Waals surface area contributed by atoms with Crippen molar-refractivity contribution in [1.82, 2.24) is 9.80 Å². The maximum Gasteiger partial charge on any atom is 0.307 e. The van der Waals surface area contributed by atoms with Crippen LogP contribution in [0.4, 0.5) is 0 Å². The molecule has 1 fully saturated rings. The first-order chi connectivity index (χ1) is 8.42. The molecule has 6 heteroatoms. The smallest absolute Gasteiger partial charge is 0.307 e. The fraction of sp³-hybridized carbons (Fsp3) is 0.750. The van der Waals surface area contributed by atoms with Crippen LogP contribution in [0.15, 0.2) is 0 Å². The van der Waals surface area contributed by atoms with Crippen LogP contribution in [-0.4, -0.2) is 59.4 Å². The summed E-state index contributed by atoms with van der Waals surface area (Å²) in [5.74, 6) is -2.30. The highest BCUT2D eigenvalue weighted by atomic mass is 16.4. The minimum absolute atomic E-state index is 0.0172. The van der Waals surface area contributed by atoms with E-state index in [-0.39, 0.29) is 18.4 Å². The molecule has 0 heterocycles. The molecule has 1 aliphatic rings. The summed E-state index contributed by atoms with van der Waals surface area (Å²) in [7, 11) is 1.54. The molecule has 0 aliphatic heterocycles. The van der Waals surface area contributed by atoms with Gasteiger partial charge in [0.25, 0.3) is 0 Å². The number of aliphatic carboxylic acids is 1. The number of carboxylic acid groups (broad SMARTS) is 1. The SMILES string of the molecule is CCN(CC)C(=O)CN(C)C(=O)[C@@H]1C[C@@H]1C(=O)O. The van der Waals surface area contributed by atoms with Crippen LogP contribution in [0.1, 0.15) is 20.3 Å². The molecule has 1 aliphatic carbocycles. The number of amides is 2. The number of carbonyl (C=O) groups is 3. The van der Waals surface area contributed by atoms with E-state index in [1.54, 1.807) is 11.9 Å². The molecular weight excluding hydrogens is 236 g/mol. The third-order valence-electron chi connectivity index (χ3n) is 3.29. The second kappa shape index (κ2) is 5.84. The maximum atomic E-state index is 11.8. The van der Waals surface area contributed by atoms with Crippen LogP contribution in [-0.2, 0) is 14.4 Å². The summed E-state index contributed by atoms with van der Waals surface area (Å²) in [6, 6.07) is 0. The van der Waals surface area contributed by atoms with Crippen LogP contribution in [0.3, 0.4) is 0 Å². The Morgan fingerprint density at radius 3 is 2.11 bits per heavy atom. The molecule has 18 heavy (non-hydrogen) atoms. The van der Waals surface area contributed by atoms with Crippen LogP contribution >= 0.6 is 0 Å². The van der Waals surface area contributed by atoms with Crippen molar-refractivity contribution in [3.05, 3.63) is 0 Å². The van der Waals surface area contributed by atoms with Crippen molar-refractivity contribution in [2.75, 3.05) is 26.7 Å². The van der Waals surface area contributed by atoms with Crippen molar-refractivity contribution in [1.29, 1.82) is 0 Å². The highest BCUT2D eigenvalue weighted by Gasteiger charge is 2.49. The van der Waals surface area contributed by atoms with E-state index in [1.807, 2.05) is 13.8 Å². The highest BCUT2D eigenvalue weighted by Crippen LogP contribution is 2.39. The first-order valence-corrected chi connectivity index (χ1v) is 6.17. The monoisotopic (exact) mass is 256 g/mol. The molecular formula is C12H20N2O4. The fourth-order valence-electron chi connectivity index (χ4n) is 1.98. The Morgan fingerprint density at radius 2 is 1.72 bits per heavy atom. The molecule has 1 N–H and O–H groups in total. The highest BCUT2D eigenvalue weighted by molar-refractivity contribution is 5.91. The Bertz CT molecular complexity index is 352. The van der Waals surface area contributed by atoms with Gasteiger partial charge in [0.15, 0.2) is 0 Å². The largest absolute Gasteiger partial charge is 0.481 e. The lowest BCUT2D eigenvalue weighted by atomic mass is 10.3. The van der Waals surface area contributed by atoms with Crippen molar-refractivity contribution in [3.63, 3.8) is 0 Å². The summed E-state index contributed by atoms with van der Waals surface area (Å²) >= 11 is 0. The standard InChI is InChI=1S/C12H20N2O4/c1-4-14(5-2)10(15)7-13(3)11(16)8-6-9(8)12(17)18/h8-9H,4-7H2,1-3H3,(H,17,18)/t8-,9+/m1/s1. The Kier molecular flexibility index (Phi) is 4.69. The average Bonchev–Trinajstić information content (AvgIpc) is 3.09. The summed E-state index contributed by atoms with van der Waals surface area (Å²) in [4.78, 5) is 37.3. The van der Waals surface area contributed by atoms with E-state index in [9.17, 15) is 14.4 Å². The molecule has 6 nitrogen and oxygen atoms in total. The topological polar surface area (TPSA) is 77.9 Å². The van der Waals surface area contributed by atoms with Crippen molar-refractivity contribution in [2.45, 2.75) is 20.3 Å². The zero-order valence-electron chi connectivity index (χ0n) is 11.0. The van der Waals surface area contributed by atoms with Crippen LogP contribution < -0.4 is 0 Å². The summed E-state index contributed by atoms with van der Waals surface area (Å²) in [6.45, 7) is 5.00. The van der Waals surface area contributed by atoms with Gasteiger partial charge in [0, 0.05) is 20.1 Å². The van der Waals surface area contributed by atoms with Gasteiger partial charge in [-0.2, -0.15) is 0 Å². The number of hydrogen-bond acceptors (Lipinski definition) is 3. The van der Waals surface area contributed by atoms with Gasteiger partial charge in [-0.15, -0.1) is 0 Å². The van der Waals surface area contributed by atoms with Gasteiger partial charge in [-0.1, -0.05) is 0 Å². The van der Waals surface area contributed by atoms with E-state index in [2.05, 4.69) is 0 Å². The normalized spacial score (nSPS) is 21.3. The second-order valence-electron chi connectivity index (χ2n) is 4.55. The lowest BCUT2D eigenvalue weighted by Crippen LogP contribution is -2.41. The van der Waals surface area contributed by atoms with Crippen LogP contribution in [0, 0.1) is 11.8 Å². The molecule has 0 saturated heterocycles. The molecule has 0 aromatic rings. The molecule has 0 radical (unpaired) electrons. The van der Waals surface area contributed by atoms with Crippen LogP contribution in [0.25, 0.3) is 0 Å². The molecule has 0 spiro atoms. The molecule has 0 aromatic heterocycles. The first-order valence-electron chi connectivity index (χ1n) is 6.17. The quantitative estimate of drug-likeness (QED) is 0.727.